The number of nitrogens with zero attached hydrogens (tertiary/aromatic N) is 1. The molecule has 0 aliphatic heterocycles. The fourth-order valence-electron chi connectivity index (χ4n) is 5.23. The van der Waals surface area contributed by atoms with Gasteiger partial charge < -0.3 is 36.1 Å². The lowest BCUT2D eigenvalue weighted by Crippen LogP contribution is -2.43. The number of aliphatic hydroxyl groups is 1. The number of aryl methyl sites for hydroxylation is 1. The zero-order valence-electron chi connectivity index (χ0n) is 26.5. The van der Waals surface area contributed by atoms with Crippen LogP contribution in [0.2, 0.25) is 0 Å². The Morgan fingerprint density at radius 3 is 2.53 bits per heavy atom. The largest absolute Gasteiger partial charge is 0.444 e. The summed E-state index contributed by atoms with van der Waals surface area (Å²) in [4.78, 5) is 43.8. The van der Waals surface area contributed by atoms with Gasteiger partial charge in [0.2, 0.25) is 5.91 Å². The van der Waals surface area contributed by atoms with Crippen LogP contribution in [0.15, 0.2) is 77.7 Å². The Kier molecular flexibility index (Phi) is 10.5. The molecule has 0 spiro atoms. The average Bonchev–Trinajstić information content (AvgIpc) is 2.98. The smallest absolute Gasteiger partial charge is 0.407 e. The highest BCUT2D eigenvalue weighted by atomic mass is 16.6. The number of anilines is 2. The number of aliphatic hydroxyl groups excluding tert-OH is 1. The first-order valence-electron chi connectivity index (χ1n) is 15.0. The molecule has 0 saturated heterocycles. The van der Waals surface area contributed by atoms with Crippen molar-refractivity contribution < 1.29 is 19.4 Å². The van der Waals surface area contributed by atoms with Gasteiger partial charge >= 0.3 is 6.09 Å². The summed E-state index contributed by atoms with van der Waals surface area (Å²) < 4.78 is 5.38. The number of carbonyl (C=O) groups is 2. The van der Waals surface area contributed by atoms with Gasteiger partial charge in [0.25, 0.3) is 5.56 Å². The number of hydrogen-bond acceptors (Lipinski definition) is 7. The van der Waals surface area contributed by atoms with Crippen LogP contribution in [0.3, 0.4) is 0 Å². The number of H-pyrrole nitrogens is 1. The van der Waals surface area contributed by atoms with Gasteiger partial charge in [-0.05, 0) is 85.7 Å². The van der Waals surface area contributed by atoms with Gasteiger partial charge in [-0.2, -0.15) is 0 Å². The summed E-state index contributed by atoms with van der Waals surface area (Å²) in [6.45, 7) is 9.86. The molecule has 1 heterocycles. The lowest BCUT2D eigenvalue weighted by Gasteiger charge is -2.30. The summed E-state index contributed by atoms with van der Waals surface area (Å²) in [6, 6.07) is 19.5. The van der Waals surface area contributed by atoms with E-state index in [9.17, 15) is 19.5 Å². The lowest BCUT2D eigenvalue weighted by molar-refractivity contribution is -0.132. The van der Waals surface area contributed by atoms with Crippen LogP contribution in [0.25, 0.3) is 10.8 Å². The summed E-state index contributed by atoms with van der Waals surface area (Å²) in [6.07, 6.45) is 1.03. The molecule has 0 radical (unpaired) electrons. The number of carbonyl (C=O) groups excluding carboxylic acids is 2. The predicted molar refractivity (Wildman–Crippen MR) is 178 cm³/mol. The summed E-state index contributed by atoms with van der Waals surface area (Å²) >= 11 is 0. The van der Waals surface area contributed by atoms with Crippen LogP contribution in [0.5, 0.6) is 0 Å². The highest BCUT2D eigenvalue weighted by molar-refractivity contribution is 5.89. The number of fused-ring (bicyclic) bond motifs is 1. The molecule has 238 valence electrons. The Bertz CT molecular complexity index is 1710. The van der Waals surface area contributed by atoms with Crippen molar-refractivity contribution in [1.29, 1.82) is 0 Å². The minimum Gasteiger partial charge on any atom is -0.444 e. The van der Waals surface area contributed by atoms with E-state index in [0.717, 1.165) is 22.1 Å². The fourth-order valence-corrected chi connectivity index (χ4v) is 5.23. The van der Waals surface area contributed by atoms with Gasteiger partial charge in [0.1, 0.15) is 11.6 Å². The maximum atomic E-state index is 14.5. The van der Waals surface area contributed by atoms with Gasteiger partial charge in [-0.1, -0.05) is 43.3 Å². The Labute approximate surface area is 263 Å². The third-order valence-electron chi connectivity index (χ3n) is 7.45. The number of nitrogens with two attached hydrogens (primary N) is 1. The van der Waals surface area contributed by atoms with Gasteiger partial charge in [0.15, 0.2) is 0 Å². The van der Waals surface area contributed by atoms with Crippen LogP contribution >= 0.6 is 0 Å². The van der Waals surface area contributed by atoms with Crippen LogP contribution in [-0.4, -0.2) is 52.3 Å². The fraction of sp³-hybridized carbons (Fsp3) is 0.343. The van der Waals surface area contributed by atoms with Crippen LogP contribution in [-0.2, 0) is 16.1 Å². The molecule has 10 heteroatoms. The van der Waals surface area contributed by atoms with Crippen molar-refractivity contribution in [1.82, 2.24) is 15.2 Å². The second kappa shape index (κ2) is 14.3. The number of nitrogen functional groups attached to an aromatic ring is 1. The highest BCUT2D eigenvalue weighted by Gasteiger charge is 2.28. The Balaban J connectivity index is 1.71. The summed E-state index contributed by atoms with van der Waals surface area (Å²) in [5, 5.41) is 17.2. The number of amides is 2. The Morgan fingerprint density at radius 2 is 1.84 bits per heavy atom. The molecule has 45 heavy (non-hydrogen) atoms. The molecule has 0 fully saturated rings. The molecule has 1 unspecified atom stereocenters. The number of nitrogens with one attached hydrogen (secondary N) is 3. The number of alkyl carbamates (subject to hydrolysis) is 1. The van der Waals surface area contributed by atoms with Crippen LogP contribution in [0.4, 0.5) is 16.2 Å². The summed E-state index contributed by atoms with van der Waals surface area (Å²) in [5.41, 5.74) is 9.82. The van der Waals surface area contributed by atoms with E-state index >= 15 is 0 Å². The third-order valence-corrected chi connectivity index (χ3v) is 7.45. The number of rotatable bonds is 11. The van der Waals surface area contributed by atoms with Crippen molar-refractivity contribution in [2.45, 2.75) is 58.7 Å². The monoisotopic (exact) mass is 613 g/mol. The number of ether oxygens (including phenoxy) is 1. The number of aromatic nitrogens is 1. The molecule has 0 aliphatic carbocycles. The standard InChI is InChI=1S/C35H43N5O5/c1-22-17-26(10-12-29(22)23(2)21-41)31(39-28-11-9-25-13-14-37-32(42)30(25)19-28)33(43)40(20-24-7-6-8-27(36)18-24)16-15-38-34(44)45-35(3,4)5/h6-14,17-19,23,31,39,41H,15-16,20-21,36H2,1-5H3,(H,37,42)(H,38,44)/t23-,31?/m0/s1. The maximum Gasteiger partial charge on any atom is 0.407 e. The molecule has 2 amide bonds. The topological polar surface area (TPSA) is 150 Å². The zero-order chi connectivity index (χ0) is 32.7. The predicted octanol–water partition coefficient (Wildman–Crippen LogP) is 5.22. The molecule has 0 bridgehead atoms. The molecule has 0 saturated carbocycles. The zero-order valence-corrected chi connectivity index (χ0v) is 26.5. The van der Waals surface area contributed by atoms with E-state index in [4.69, 9.17) is 10.5 Å². The highest BCUT2D eigenvalue weighted by Crippen LogP contribution is 2.28. The van der Waals surface area contributed by atoms with Gasteiger partial charge in [-0.3, -0.25) is 9.59 Å². The molecule has 1 aromatic heterocycles. The van der Waals surface area contributed by atoms with E-state index in [0.29, 0.717) is 22.3 Å². The van der Waals surface area contributed by atoms with E-state index in [1.807, 2.05) is 68.4 Å². The minimum absolute atomic E-state index is 0.00502. The van der Waals surface area contributed by atoms with Crippen LogP contribution in [0, 0.1) is 6.92 Å². The van der Waals surface area contributed by atoms with E-state index in [-0.39, 0.29) is 43.6 Å². The van der Waals surface area contributed by atoms with Crippen molar-refractivity contribution in [2.75, 3.05) is 30.7 Å². The van der Waals surface area contributed by atoms with Crippen LogP contribution < -0.4 is 21.9 Å². The van der Waals surface area contributed by atoms with Gasteiger partial charge in [0.05, 0.1) is 0 Å². The average molecular weight is 614 g/mol. The molecule has 0 aliphatic rings. The maximum absolute atomic E-state index is 14.5. The number of benzene rings is 3. The second-order valence-corrected chi connectivity index (χ2v) is 12.3. The molecule has 4 rings (SSSR count). The second-order valence-electron chi connectivity index (χ2n) is 12.3. The van der Waals surface area contributed by atoms with Crippen molar-refractivity contribution in [3.8, 4) is 0 Å². The van der Waals surface area contributed by atoms with Gasteiger partial charge in [-0.15, -0.1) is 0 Å². The first kappa shape index (κ1) is 33.1. The number of hydrogen-bond donors (Lipinski definition) is 5. The molecule has 10 nitrogen and oxygen atoms in total. The van der Waals surface area contributed by atoms with E-state index in [1.54, 1.807) is 44.0 Å². The summed E-state index contributed by atoms with van der Waals surface area (Å²) in [5.74, 6) is -0.305. The normalized spacial score (nSPS) is 12.8. The van der Waals surface area contributed by atoms with Gasteiger partial charge in [-0.25, -0.2) is 4.79 Å². The molecule has 6 N–H and O–H groups in total. The Morgan fingerprint density at radius 1 is 1.07 bits per heavy atom. The number of pyridine rings is 1. The molecule has 3 aromatic carbocycles. The first-order valence-corrected chi connectivity index (χ1v) is 15.0. The van der Waals surface area contributed by atoms with Crippen molar-refractivity contribution >= 4 is 34.1 Å². The SMILES string of the molecule is Cc1cc(C(Nc2ccc3cc[nH]c(=O)c3c2)C(=O)N(CCNC(=O)OC(C)(C)C)Cc2cccc(N)c2)ccc1[C@@H](C)CO. The molecular weight excluding hydrogens is 570 g/mol. The van der Waals surface area contributed by atoms with Crippen molar-refractivity contribution in [3.63, 3.8) is 0 Å². The van der Waals surface area contributed by atoms with Gasteiger partial charge in [0, 0.05) is 55.1 Å². The molecule has 2 atom stereocenters. The van der Waals surface area contributed by atoms with E-state index in [2.05, 4.69) is 15.6 Å². The minimum atomic E-state index is -0.843. The van der Waals surface area contributed by atoms with E-state index in [1.165, 1.54) is 0 Å². The quantitative estimate of drug-likeness (QED) is 0.146. The molecular formula is C35H43N5O5. The summed E-state index contributed by atoms with van der Waals surface area (Å²) in [7, 11) is 0. The van der Waals surface area contributed by atoms with E-state index < -0.39 is 17.7 Å². The first-order chi connectivity index (χ1) is 21.3. The van der Waals surface area contributed by atoms with Crippen molar-refractivity contribution in [3.05, 3.63) is 106 Å². The molecule has 4 aromatic rings. The Hall–Kier alpha value is -4.83. The lowest BCUT2D eigenvalue weighted by atomic mass is 9.93. The van der Waals surface area contributed by atoms with Crippen LogP contribution in [0.1, 0.15) is 61.9 Å². The third kappa shape index (κ3) is 8.86. The number of aromatic amines is 1. The van der Waals surface area contributed by atoms with Crippen molar-refractivity contribution in [2.24, 2.45) is 0 Å².